The number of hydrogen-bond donors (Lipinski definition) is 0. The van der Waals surface area contributed by atoms with Gasteiger partial charge in [-0.3, -0.25) is 14.6 Å². The minimum absolute atomic E-state index is 0.151. The molecule has 0 aliphatic carbocycles. The zero-order valence-corrected chi connectivity index (χ0v) is 18.0. The summed E-state index contributed by atoms with van der Waals surface area (Å²) < 4.78 is 18.7. The lowest BCUT2D eigenvalue weighted by Gasteiger charge is -2.41. The molecule has 4 rings (SSSR count). The second-order valence-corrected chi connectivity index (χ2v) is 8.25. The van der Waals surface area contributed by atoms with Gasteiger partial charge >= 0.3 is 5.97 Å². The molecule has 2 aliphatic rings. The normalized spacial score (nSPS) is 22.8. The van der Waals surface area contributed by atoms with Crippen molar-refractivity contribution in [3.63, 3.8) is 0 Å². The minimum Gasteiger partial charge on any atom is -0.466 e. The Morgan fingerprint density at radius 2 is 2.09 bits per heavy atom. The summed E-state index contributed by atoms with van der Waals surface area (Å²) in [7, 11) is 0. The van der Waals surface area contributed by atoms with E-state index in [-0.39, 0.29) is 36.9 Å². The van der Waals surface area contributed by atoms with Crippen LogP contribution in [-0.2, 0) is 14.4 Å². The van der Waals surface area contributed by atoms with Gasteiger partial charge in [0.2, 0.25) is 0 Å². The summed E-state index contributed by atoms with van der Waals surface area (Å²) in [5.74, 6) is -0.781. The minimum atomic E-state index is -0.870. The Bertz CT molecular complexity index is 996. The van der Waals surface area contributed by atoms with Crippen LogP contribution >= 0.6 is 0 Å². The van der Waals surface area contributed by atoms with Gasteiger partial charge in [-0.05, 0) is 49.6 Å². The highest BCUT2D eigenvalue weighted by Crippen LogP contribution is 2.39. The summed E-state index contributed by atoms with van der Waals surface area (Å²) in [6.45, 7) is 2.86. The number of ether oxygens (including phenoxy) is 1. The van der Waals surface area contributed by atoms with E-state index in [1.807, 2.05) is 0 Å². The van der Waals surface area contributed by atoms with Gasteiger partial charge in [0.1, 0.15) is 11.9 Å². The molecule has 8 heteroatoms. The molecular weight excluding hydrogens is 413 g/mol. The fourth-order valence-electron chi connectivity index (χ4n) is 4.46. The second-order valence-electron chi connectivity index (χ2n) is 8.25. The highest BCUT2D eigenvalue weighted by Gasteiger charge is 2.47. The molecule has 3 heterocycles. The number of pyridine rings is 1. The van der Waals surface area contributed by atoms with Crippen molar-refractivity contribution in [2.75, 3.05) is 19.7 Å². The van der Waals surface area contributed by atoms with E-state index in [0.29, 0.717) is 43.5 Å². The van der Waals surface area contributed by atoms with E-state index < -0.39 is 5.41 Å². The van der Waals surface area contributed by atoms with Gasteiger partial charge in [-0.15, -0.1) is 0 Å². The van der Waals surface area contributed by atoms with Crippen LogP contribution in [-0.4, -0.2) is 53.3 Å². The molecule has 0 N–H and O–H groups in total. The molecule has 2 atom stereocenters. The Kier molecular flexibility index (Phi) is 6.48. The van der Waals surface area contributed by atoms with E-state index in [2.05, 4.69) is 10.1 Å². The summed E-state index contributed by atoms with van der Waals surface area (Å²) in [5, 5.41) is 4.17. The van der Waals surface area contributed by atoms with Crippen LogP contribution in [0.2, 0.25) is 0 Å². The van der Waals surface area contributed by atoms with E-state index in [4.69, 9.17) is 9.57 Å². The van der Waals surface area contributed by atoms with Crippen LogP contribution in [0.5, 0.6) is 0 Å². The van der Waals surface area contributed by atoms with Gasteiger partial charge in [0.05, 0.1) is 23.3 Å². The quantitative estimate of drug-likeness (QED) is 0.643. The lowest BCUT2D eigenvalue weighted by Crippen LogP contribution is -2.51. The van der Waals surface area contributed by atoms with Gasteiger partial charge in [-0.25, -0.2) is 4.39 Å². The third-order valence-electron chi connectivity index (χ3n) is 6.01. The third kappa shape index (κ3) is 4.64. The summed E-state index contributed by atoms with van der Waals surface area (Å²) in [6, 6.07) is 9.53. The Labute approximate surface area is 186 Å². The van der Waals surface area contributed by atoms with Crippen LogP contribution in [0.3, 0.4) is 0 Å². The third-order valence-corrected chi connectivity index (χ3v) is 6.01. The summed E-state index contributed by atoms with van der Waals surface area (Å²) in [6.07, 6.45) is 5.00. The van der Waals surface area contributed by atoms with Crippen molar-refractivity contribution in [2.24, 2.45) is 10.6 Å². The lowest BCUT2D eigenvalue weighted by molar-refractivity contribution is -0.161. The summed E-state index contributed by atoms with van der Waals surface area (Å²) in [5.41, 5.74) is 1.13. The van der Waals surface area contributed by atoms with Gasteiger partial charge in [-0.2, -0.15) is 0 Å². The van der Waals surface area contributed by atoms with Gasteiger partial charge in [-0.1, -0.05) is 17.3 Å². The molecule has 32 heavy (non-hydrogen) atoms. The van der Waals surface area contributed by atoms with E-state index in [0.717, 1.165) is 5.56 Å². The molecule has 1 fully saturated rings. The zero-order chi connectivity index (χ0) is 22.6. The van der Waals surface area contributed by atoms with Gasteiger partial charge < -0.3 is 14.5 Å². The maximum atomic E-state index is 13.2. The molecule has 2 aliphatic heterocycles. The molecule has 168 valence electrons. The molecular formula is C24H26FN3O4. The molecule has 1 saturated heterocycles. The largest absolute Gasteiger partial charge is 0.466 e. The second kappa shape index (κ2) is 9.46. The van der Waals surface area contributed by atoms with E-state index in [9.17, 15) is 14.0 Å². The number of benzene rings is 1. The van der Waals surface area contributed by atoms with Crippen LogP contribution in [0.4, 0.5) is 4.39 Å². The number of hydrogen-bond acceptors (Lipinski definition) is 6. The Morgan fingerprint density at radius 1 is 1.28 bits per heavy atom. The van der Waals surface area contributed by atoms with E-state index in [1.165, 1.54) is 18.3 Å². The molecule has 2 unspecified atom stereocenters. The first-order valence-electron chi connectivity index (χ1n) is 10.9. The predicted molar refractivity (Wildman–Crippen MR) is 115 cm³/mol. The highest BCUT2D eigenvalue weighted by molar-refractivity contribution is 6.01. The Balaban J connectivity index is 1.50. The Hall–Kier alpha value is -3.29. The smallest absolute Gasteiger partial charge is 0.314 e. The van der Waals surface area contributed by atoms with Crippen molar-refractivity contribution < 1.29 is 23.6 Å². The number of aromatic nitrogens is 1. The summed E-state index contributed by atoms with van der Waals surface area (Å²) >= 11 is 0. The topological polar surface area (TPSA) is 81.1 Å². The standard InChI is InChI=1S/C24H26FN3O4/c1-2-31-23(30)24(10-4-12-28(16-24)22(29)18-5-3-11-26-15-18)14-20-13-21(27-32-20)17-6-8-19(25)9-7-17/h3,5-9,11,15,20H,2,4,10,12-14,16H2,1H3. The van der Waals surface area contributed by atoms with Crippen molar-refractivity contribution in [1.82, 2.24) is 9.88 Å². The fourth-order valence-corrected chi connectivity index (χ4v) is 4.46. The number of halogens is 1. The average molecular weight is 439 g/mol. The number of nitrogens with zero attached hydrogens (tertiary/aromatic N) is 3. The van der Waals surface area contributed by atoms with Crippen molar-refractivity contribution in [1.29, 1.82) is 0 Å². The molecule has 1 aromatic carbocycles. The van der Waals surface area contributed by atoms with Crippen LogP contribution in [0.25, 0.3) is 0 Å². The van der Waals surface area contributed by atoms with Crippen LogP contribution < -0.4 is 0 Å². The maximum absolute atomic E-state index is 13.2. The summed E-state index contributed by atoms with van der Waals surface area (Å²) in [4.78, 5) is 37.5. The molecule has 7 nitrogen and oxygen atoms in total. The number of piperidine rings is 1. The predicted octanol–water partition coefficient (Wildman–Crippen LogP) is 3.59. The first-order chi connectivity index (χ1) is 15.5. The Morgan fingerprint density at radius 3 is 2.81 bits per heavy atom. The molecule has 0 radical (unpaired) electrons. The first-order valence-corrected chi connectivity index (χ1v) is 10.9. The van der Waals surface area contributed by atoms with Crippen molar-refractivity contribution >= 4 is 17.6 Å². The first kappa shape index (κ1) is 21.9. The highest BCUT2D eigenvalue weighted by atomic mass is 19.1. The number of amides is 1. The van der Waals surface area contributed by atoms with Crippen molar-refractivity contribution in [3.05, 3.63) is 65.7 Å². The number of carbonyl (C=O) groups excluding carboxylic acids is 2. The van der Waals surface area contributed by atoms with Gasteiger partial charge in [0.25, 0.3) is 5.91 Å². The van der Waals surface area contributed by atoms with Crippen LogP contribution in [0, 0.1) is 11.2 Å². The van der Waals surface area contributed by atoms with Crippen molar-refractivity contribution in [3.8, 4) is 0 Å². The zero-order valence-electron chi connectivity index (χ0n) is 18.0. The number of oxime groups is 1. The van der Waals surface area contributed by atoms with Gasteiger partial charge in [0.15, 0.2) is 0 Å². The van der Waals surface area contributed by atoms with E-state index in [1.54, 1.807) is 42.3 Å². The maximum Gasteiger partial charge on any atom is 0.314 e. The van der Waals surface area contributed by atoms with E-state index >= 15 is 0 Å². The monoisotopic (exact) mass is 439 g/mol. The van der Waals surface area contributed by atoms with Crippen LogP contribution in [0.15, 0.2) is 53.9 Å². The molecule has 0 saturated carbocycles. The van der Waals surface area contributed by atoms with Crippen LogP contribution in [0.1, 0.15) is 48.5 Å². The number of rotatable bonds is 6. The number of likely N-dealkylation sites (tertiary alicyclic amines) is 1. The molecule has 0 bridgehead atoms. The number of carbonyl (C=O) groups is 2. The number of esters is 1. The molecule has 0 spiro atoms. The molecule has 2 aromatic rings. The van der Waals surface area contributed by atoms with Gasteiger partial charge in [0, 0.05) is 38.3 Å². The average Bonchev–Trinajstić information content (AvgIpc) is 3.28. The lowest BCUT2D eigenvalue weighted by atomic mass is 9.74. The SMILES string of the molecule is CCOC(=O)C1(CC2CC(c3ccc(F)cc3)=NO2)CCCN(C(=O)c2cccnc2)C1. The molecule has 1 aromatic heterocycles. The van der Waals surface area contributed by atoms with Crippen molar-refractivity contribution in [2.45, 2.75) is 38.7 Å². The fraction of sp³-hybridized carbons (Fsp3) is 0.417. The molecule has 1 amide bonds.